The number of para-hydroxylation sites is 1. The van der Waals surface area contributed by atoms with Crippen LogP contribution < -0.4 is 0 Å². The number of rotatable bonds is 9. The predicted molar refractivity (Wildman–Crippen MR) is 108 cm³/mol. The van der Waals surface area contributed by atoms with Crippen molar-refractivity contribution < 1.29 is 31.6 Å². The second-order valence-electron chi connectivity index (χ2n) is 6.27. The first-order valence-electron chi connectivity index (χ1n) is 9.12. The zero-order valence-corrected chi connectivity index (χ0v) is 17.1. The summed E-state index contributed by atoms with van der Waals surface area (Å²) < 4.78 is 0. The number of hydrogen-bond acceptors (Lipinski definition) is 6. The topological polar surface area (TPSA) is 147 Å². The molecular formula is C20H18CuN6O4. The van der Waals surface area contributed by atoms with Crippen LogP contribution in [0.1, 0.15) is 34.2 Å². The van der Waals surface area contributed by atoms with Crippen LogP contribution in [0, 0.1) is 10.1 Å². The quantitative estimate of drug-likeness (QED) is 0.288. The number of nitro benzene ring substituents is 1. The fourth-order valence-electron chi connectivity index (χ4n) is 2.81. The number of benzene rings is 1. The monoisotopic (exact) mass is 469 g/mol. The van der Waals surface area contributed by atoms with E-state index in [2.05, 4.69) is 25.6 Å². The zero-order valence-electron chi connectivity index (χ0n) is 16.1. The summed E-state index contributed by atoms with van der Waals surface area (Å²) in [5, 5.41) is 19.4. The van der Waals surface area contributed by atoms with Crippen LogP contribution in [0.5, 0.6) is 0 Å². The van der Waals surface area contributed by atoms with Crippen molar-refractivity contribution in [1.29, 1.82) is 0 Å². The number of pyridine rings is 1. The molecular weight excluding hydrogens is 452 g/mol. The molecule has 10 nitrogen and oxygen atoms in total. The van der Waals surface area contributed by atoms with Crippen LogP contribution in [0.3, 0.4) is 0 Å². The van der Waals surface area contributed by atoms with Crippen molar-refractivity contribution in [3.8, 4) is 0 Å². The number of carbonyl (C=O) groups is 2. The van der Waals surface area contributed by atoms with Crippen molar-refractivity contribution in [2.45, 2.75) is 18.9 Å². The Hall–Kier alpha value is -3.56. The van der Waals surface area contributed by atoms with Gasteiger partial charge in [0.2, 0.25) is 0 Å². The van der Waals surface area contributed by atoms with Crippen LogP contribution in [0.2, 0.25) is 0 Å². The maximum atomic E-state index is 12.5. The van der Waals surface area contributed by atoms with Gasteiger partial charge in [0.15, 0.2) is 0 Å². The van der Waals surface area contributed by atoms with E-state index in [1.807, 2.05) is 0 Å². The molecule has 2 heterocycles. The van der Waals surface area contributed by atoms with Gasteiger partial charge in [0.25, 0.3) is 5.69 Å². The first kappa shape index (κ1) is 23.7. The van der Waals surface area contributed by atoms with Gasteiger partial charge < -0.3 is 25.2 Å². The second kappa shape index (κ2) is 11.6. The number of nitro groups is 1. The van der Waals surface area contributed by atoms with Crippen LogP contribution in [0.25, 0.3) is 10.6 Å². The average Bonchev–Trinajstić information content (AvgIpc) is 3.27. The summed E-state index contributed by atoms with van der Waals surface area (Å²) in [6.45, 7) is 0.210. The predicted octanol–water partition coefficient (Wildman–Crippen LogP) is 3.50. The molecule has 1 unspecified atom stereocenters. The Kier molecular flexibility index (Phi) is 8.86. The average molecular weight is 470 g/mol. The molecule has 163 valence electrons. The van der Waals surface area contributed by atoms with Crippen LogP contribution in [0.15, 0.2) is 61.2 Å². The summed E-state index contributed by atoms with van der Waals surface area (Å²) >= 11 is 0. The molecule has 2 aromatic heterocycles. The molecule has 1 aromatic carbocycles. The standard InChI is InChI=1S/C20H20N6O4.Cu/c27-19(23-10-8-14-12-21-13-24-14)11-17(15-5-1-2-7-18(15)26(29)30)25-20(28)16-6-3-4-9-22-16;/h1-7,9,12-13,17H,8,10-11H2,(H3,21,23,24,25,27,28);/q;+2/p-2. The Morgan fingerprint density at radius 2 is 1.90 bits per heavy atom. The molecule has 0 saturated heterocycles. The van der Waals surface area contributed by atoms with Gasteiger partial charge in [-0.3, -0.25) is 15.1 Å². The number of imidazole rings is 1. The van der Waals surface area contributed by atoms with Crippen LogP contribution in [-0.2, 0) is 28.3 Å². The largest absolute Gasteiger partial charge is 2.00 e. The molecule has 0 saturated carbocycles. The number of amides is 2. The molecule has 3 rings (SSSR count). The molecule has 0 bridgehead atoms. The minimum atomic E-state index is -1.05. The van der Waals surface area contributed by atoms with Crippen LogP contribution >= 0.6 is 0 Å². The van der Waals surface area contributed by atoms with Gasteiger partial charge in [-0.15, -0.1) is 6.54 Å². The summed E-state index contributed by atoms with van der Waals surface area (Å²) in [7, 11) is 0. The molecule has 0 spiro atoms. The van der Waals surface area contributed by atoms with Crippen molar-refractivity contribution in [3.63, 3.8) is 0 Å². The molecule has 11 heteroatoms. The van der Waals surface area contributed by atoms with Gasteiger partial charge in [-0.05, 0) is 25.0 Å². The smallest absolute Gasteiger partial charge is 0.653 e. The van der Waals surface area contributed by atoms with Crippen molar-refractivity contribution in [2.24, 2.45) is 0 Å². The molecule has 0 aliphatic heterocycles. The zero-order chi connectivity index (χ0) is 21.3. The molecule has 0 aliphatic carbocycles. The fraction of sp³-hybridized carbons (Fsp3) is 0.200. The SMILES string of the molecule is O=C(CC([N-]C(=O)c1ccccn1)c1ccccc1[N+](=O)[O-])[N-]CCc1c[nH]cn1.[Cu+2]. The number of aromatic amines is 1. The van der Waals surface area contributed by atoms with Gasteiger partial charge in [0.1, 0.15) is 5.91 Å². The molecule has 0 fully saturated rings. The summed E-state index contributed by atoms with van der Waals surface area (Å²) in [4.78, 5) is 46.6. The Morgan fingerprint density at radius 3 is 2.58 bits per heavy atom. The number of hydrogen-bond donors (Lipinski definition) is 1. The molecule has 0 aliphatic rings. The number of H-pyrrole nitrogens is 1. The third-order valence-corrected chi connectivity index (χ3v) is 4.23. The van der Waals surface area contributed by atoms with Gasteiger partial charge in [-0.2, -0.15) is 0 Å². The molecule has 31 heavy (non-hydrogen) atoms. The number of aromatic nitrogens is 3. The molecule has 3 aromatic rings. The van der Waals surface area contributed by atoms with Crippen LogP contribution in [-0.4, -0.2) is 38.2 Å². The van der Waals surface area contributed by atoms with E-state index in [0.717, 1.165) is 5.69 Å². The summed E-state index contributed by atoms with van der Waals surface area (Å²) in [5.74, 6) is -1.17. The Morgan fingerprint density at radius 1 is 1.13 bits per heavy atom. The van der Waals surface area contributed by atoms with E-state index < -0.39 is 22.8 Å². The Balaban J connectivity index is 0.00000341. The van der Waals surface area contributed by atoms with Gasteiger partial charge >= 0.3 is 17.1 Å². The van der Waals surface area contributed by atoms with Gasteiger partial charge in [-0.1, -0.05) is 30.3 Å². The number of nitrogens with zero attached hydrogens (tertiary/aromatic N) is 5. The first-order valence-corrected chi connectivity index (χ1v) is 9.12. The maximum Gasteiger partial charge on any atom is 2.00 e. The van der Waals surface area contributed by atoms with E-state index in [0.29, 0.717) is 6.42 Å². The van der Waals surface area contributed by atoms with E-state index >= 15 is 0 Å². The third-order valence-electron chi connectivity index (χ3n) is 4.23. The fourth-order valence-corrected chi connectivity index (χ4v) is 2.81. The molecule has 2 amide bonds. The van der Waals surface area contributed by atoms with Crippen molar-refractivity contribution in [1.82, 2.24) is 15.0 Å². The van der Waals surface area contributed by atoms with Crippen molar-refractivity contribution in [2.75, 3.05) is 6.54 Å². The van der Waals surface area contributed by atoms with Crippen molar-refractivity contribution in [3.05, 3.63) is 98.9 Å². The van der Waals surface area contributed by atoms with E-state index in [-0.39, 0.29) is 47.0 Å². The van der Waals surface area contributed by atoms with Gasteiger partial charge in [0.05, 0.1) is 28.5 Å². The van der Waals surface area contributed by atoms with E-state index in [1.54, 1.807) is 24.4 Å². The second-order valence-corrected chi connectivity index (χ2v) is 6.27. The summed E-state index contributed by atoms with van der Waals surface area (Å²) in [5.41, 5.74) is 0.799. The maximum absolute atomic E-state index is 12.5. The minimum Gasteiger partial charge on any atom is -0.653 e. The van der Waals surface area contributed by atoms with Gasteiger partial charge in [-0.25, -0.2) is 4.98 Å². The van der Waals surface area contributed by atoms with Gasteiger partial charge in [0, 0.05) is 24.0 Å². The number of nitrogens with one attached hydrogen (secondary N) is 1. The number of carbonyl (C=O) groups excluding carboxylic acids is 2. The Labute approximate surface area is 188 Å². The minimum absolute atomic E-state index is 0. The van der Waals surface area contributed by atoms with E-state index in [1.165, 1.54) is 36.8 Å². The molecule has 1 atom stereocenters. The summed E-state index contributed by atoms with van der Waals surface area (Å²) in [6.07, 6.45) is 4.87. The van der Waals surface area contributed by atoms with Crippen molar-refractivity contribution >= 4 is 17.5 Å². The molecule has 1 radical (unpaired) electrons. The third kappa shape index (κ3) is 6.73. The first-order chi connectivity index (χ1) is 14.5. The Bertz CT molecular complexity index is 1010. The van der Waals surface area contributed by atoms with Crippen LogP contribution in [0.4, 0.5) is 5.69 Å². The molecule has 1 N–H and O–H groups in total. The summed E-state index contributed by atoms with van der Waals surface area (Å²) in [6, 6.07) is 9.60. The van der Waals surface area contributed by atoms with E-state index in [4.69, 9.17) is 0 Å². The normalized spacial score (nSPS) is 11.1. The van der Waals surface area contributed by atoms with E-state index in [9.17, 15) is 19.7 Å².